The molecule has 3 heterocycles. The minimum atomic E-state index is -3.92. The number of hydrogen-bond acceptors (Lipinski definition) is 7. The molecule has 5 rings (SSSR count). The van der Waals surface area contributed by atoms with Crippen molar-refractivity contribution in [2.45, 2.75) is 17.4 Å². The van der Waals surface area contributed by atoms with E-state index in [1.807, 2.05) is 42.5 Å². The van der Waals surface area contributed by atoms with Gasteiger partial charge >= 0.3 is 0 Å². The Kier molecular flexibility index (Phi) is 5.92. The Morgan fingerprint density at radius 3 is 2.67 bits per heavy atom. The van der Waals surface area contributed by atoms with E-state index in [-0.39, 0.29) is 4.90 Å². The van der Waals surface area contributed by atoms with E-state index in [1.165, 1.54) is 23.5 Å². The smallest absolute Gasteiger partial charge is 0.241 e. The van der Waals surface area contributed by atoms with Crippen LogP contribution in [-0.4, -0.2) is 33.7 Å². The van der Waals surface area contributed by atoms with Crippen LogP contribution in [0, 0.1) is 0 Å². The first-order valence-electron chi connectivity index (χ1n) is 10.4. The van der Waals surface area contributed by atoms with Crippen LogP contribution < -0.4 is 18.9 Å². The average Bonchev–Trinajstić information content (AvgIpc) is 3.12. The molecule has 0 spiro atoms. The second-order valence-corrected chi connectivity index (χ2v) is 10.3. The standard InChI is InChI=1S/C24H22N2O5S2/c1-29-19-8-3-2-7-18(19)23(22-14-16-6-4-11-25-24(16)32-22)26-33(27,28)17-9-10-20-21(15-17)31-13-5-12-30-20/h2-4,6-11,14-15,23,26H,5,12-13H2,1H3/t23-/m1/s1. The van der Waals surface area contributed by atoms with Gasteiger partial charge < -0.3 is 14.2 Å². The van der Waals surface area contributed by atoms with Crippen LogP contribution in [0.3, 0.4) is 0 Å². The molecular formula is C24H22N2O5S2. The lowest BCUT2D eigenvalue weighted by atomic mass is 10.0. The molecule has 7 nitrogen and oxygen atoms in total. The largest absolute Gasteiger partial charge is 0.496 e. The summed E-state index contributed by atoms with van der Waals surface area (Å²) in [6, 6.07) is 17.2. The summed E-state index contributed by atoms with van der Waals surface area (Å²) < 4.78 is 46.8. The number of aromatic nitrogens is 1. The molecule has 1 atom stereocenters. The minimum absolute atomic E-state index is 0.103. The van der Waals surface area contributed by atoms with E-state index in [1.54, 1.807) is 19.4 Å². The third-order valence-electron chi connectivity index (χ3n) is 5.35. The number of ether oxygens (including phenoxy) is 3. The highest BCUT2D eigenvalue weighted by atomic mass is 32.2. The summed E-state index contributed by atoms with van der Waals surface area (Å²) >= 11 is 1.44. The Labute approximate surface area is 196 Å². The Hall–Kier alpha value is -3.14. The van der Waals surface area contributed by atoms with Gasteiger partial charge in [0.2, 0.25) is 10.0 Å². The van der Waals surface area contributed by atoms with E-state index in [0.717, 1.165) is 21.5 Å². The Morgan fingerprint density at radius 1 is 1.03 bits per heavy atom. The van der Waals surface area contributed by atoms with Crippen LogP contribution >= 0.6 is 11.3 Å². The molecule has 0 aliphatic carbocycles. The lowest BCUT2D eigenvalue weighted by molar-refractivity contribution is 0.297. The number of fused-ring (bicyclic) bond motifs is 2. The number of hydrogen-bond donors (Lipinski definition) is 1. The fourth-order valence-corrected chi connectivity index (χ4v) is 6.10. The summed E-state index contributed by atoms with van der Waals surface area (Å²) in [7, 11) is -2.35. The van der Waals surface area contributed by atoms with E-state index in [4.69, 9.17) is 14.2 Å². The monoisotopic (exact) mass is 482 g/mol. The summed E-state index contributed by atoms with van der Waals surface area (Å²) in [5.74, 6) is 1.56. The van der Waals surface area contributed by atoms with Gasteiger partial charge in [-0.15, -0.1) is 11.3 Å². The number of benzene rings is 2. The first kappa shape index (κ1) is 21.7. The molecule has 1 aliphatic rings. The molecule has 0 unspecified atom stereocenters. The molecule has 170 valence electrons. The van der Waals surface area contributed by atoms with Crippen molar-refractivity contribution in [1.82, 2.24) is 9.71 Å². The molecule has 1 N–H and O–H groups in total. The van der Waals surface area contributed by atoms with Crippen molar-refractivity contribution >= 4 is 31.6 Å². The van der Waals surface area contributed by atoms with Gasteiger partial charge in [0, 0.05) is 34.5 Å². The number of para-hydroxylation sites is 1. The zero-order valence-corrected chi connectivity index (χ0v) is 19.5. The minimum Gasteiger partial charge on any atom is -0.496 e. The quantitative estimate of drug-likeness (QED) is 0.434. The average molecular weight is 483 g/mol. The molecule has 4 aromatic rings. The zero-order valence-electron chi connectivity index (χ0n) is 17.9. The van der Waals surface area contributed by atoms with Crippen LogP contribution in [0.15, 0.2) is 71.8 Å². The van der Waals surface area contributed by atoms with Gasteiger partial charge in [-0.2, -0.15) is 4.72 Å². The molecule has 9 heteroatoms. The second kappa shape index (κ2) is 9.01. The van der Waals surface area contributed by atoms with Gasteiger partial charge in [0.25, 0.3) is 0 Å². The van der Waals surface area contributed by atoms with Crippen molar-refractivity contribution in [1.29, 1.82) is 0 Å². The summed E-state index contributed by atoms with van der Waals surface area (Å²) in [6.07, 6.45) is 2.47. The van der Waals surface area contributed by atoms with Crippen LogP contribution in [0.4, 0.5) is 0 Å². The first-order chi connectivity index (χ1) is 16.0. The summed E-state index contributed by atoms with van der Waals surface area (Å²) in [5, 5.41) is 0.951. The van der Waals surface area contributed by atoms with Crippen LogP contribution in [0.25, 0.3) is 10.2 Å². The maximum atomic E-state index is 13.5. The number of sulfonamides is 1. The van der Waals surface area contributed by atoms with Crippen molar-refractivity contribution in [3.05, 3.63) is 77.3 Å². The zero-order chi connectivity index (χ0) is 22.8. The summed E-state index contributed by atoms with van der Waals surface area (Å²) in [6.45, 7) is 1.01. The highest BCUT2D eigenvalue weighted by Gasteiger charge is 2.28. The SMILES string of the molecule is COc1ccccc1[C@@H](NS(=O)(=O)c1ccc2c(c1)OCCCO2)c1cc2cccnc2s1. The second-order valence-electron chi connectivity index (χ2n) is 7.50. The lowest BCUT2D eigenvalue weighted by Gasteiger charge is -2.20. The molecular weight excluding hydrogens is 460 g/mol. The molecule has 0 radical (unpaired) electrons. The predicted molar refractivity (Wildman–Crippen MR) is 127 cm³/mol. The highest BCUT2D eigenvalue weighted by molar-refractivity contribution is 7.89. The van der Waals surface area contributed by atoms with Gasteiger partial charge in [0.1, 0.15) is 10.6 Å². The van der Waals surface area contributed by atoms with Gasteiger partial charge in [-0.1, -0.05) is 24.3 Å². The van der Waals surface area contributed by atoms with E-state index in [2.05, 4.69) is 9.71 Å². The first-order valence-corrected chi connectivity index (χ1v) is 12.7. The predicted octanol–water partition coefficient (Wildman–Crippen LogP) is 4.53. The van der Waals surface area contributed by atoms with Crippen molar-refractivity contribution in [3.8, 4) is 17.2 Å². The number of nitrogens with one attached hydrogen (secondary N) is 1. The van der Waals surface area contributed by atoms with E-state index in [9.17, 15) is 8.42 Å². The number of nitrogens with zero attached hydrogens (tertiary/aromatic N) is 1. The van der Waals surface area contributed by atoms with Crippen LogP contribution in [0.5, 0.6) is 17.2 Å². The molecule has 2 aromatic carbocycles. The molecule has 1 aliphatic heterocycles. The van der Waals surface area contributed by atoms with E-state index >= 15 is 0 Å². The molecule has 0 amide bonds. The normalized spacial score (nSPS) is 14.6. The maximum absolute atomic E-state index is 13.5. The van der Waals surface area contributed by atoms with Crippen molar-refractivity contribution < 1.29 is 22.6 Å². The lowest BCUT2D eigenvalue weighted by Crippen LogP contribution is -2.29. The Bertz CT molecular complexity index is 1370. The maximum Gasteiger partial charge on any atom is 0.241 e. The van der Waals surface area contributed by atoms with Crippen molar-refractivity contribution in [2.75, 3.05) is 20.3 Å². The van der Waals surface area contributed by atoms with Gasteiger partial charge in [-0.3, -0.25) is 0 Å². The molecule has 0 bridgehead atoms. The summed E-state index contributed by atoms with van der Waals surface area (Å²) in [5.41, 5.74) is 0.712. The third-order valence-corrected chi connectivity index (χ3v) is 7.89. The van der Waals surface area contributed by atoms with Gasteiger partial charge in [0.05, 0.1) is 31.3 Å². The molecule has 33 heavy (non-hydrogen) atoms. The number of thiophene rings is 1. The fourth-order valence-electron chi connectivity index (χ4n) is 3.75. The summed E-state index contributed by atoms with van der Waals surface area (Å²) in [4.78, 5) is 6.16. The number of pyridine rings is 1. The van der Waals surface area contributed by atoms with Crippen LogP contribution in [0.1, 0.15) is 22.9 Å². The van der Waals surface area contributed by atoms with Crippen molar-refractivity contribution in [3.63, 3.8) is 0 Å². The van der Waals surface area contributed by atoms with Gasteiger partial charge in [-0.25, -0.2) is 13.4 Å². The Balaban J connectivity index is 1.57. The molecule has 0 fully saturated rings. The highest BCUT2D eigenvalue weighted by Crippen LogP contribution is 2.38. The third kappa shape index (κ3) is 4.39. The Morgan fingerprint density at radius 2 is 1.85 bits per heavy atom. The number of rotatable bonds is 6. The van der Waals surface area contributed by atoms with Gasteiger partial charge in [-0.05, 0) is 30.3 Å². The van der Waals surface area contributed by atoms with Crippen molar-refractivity contribution in [2.24, 2.45) is 0 Å². The molecule has 0 saturated heterocycles. The molecule has 2 aromatic heterocycles. The van der Waals surface area contributed by atoms with E-state index in [0.29, 0.717) is 36.0 Å². The van der Waals surface area contributed by atoms with Gasteiger partial charge in [0.15, 0.2) is 11.5 Å². The van der Waals surface area contributed by atoms with E-state index < -0.39 is 16.1 Å². The van der Waals surface area contributed by atoms with Crippen LogP contribution in [-0.2, 0) is 10.0 Å². The fraction of sp³-hybridized carbons (Fsp3) is 0.208. The van der Waals surface area contributed by atoms with Crippen LogP contribution in [0.2, 0.25) is 0 Å². The topological polar surface area (TPSA) is 86.8 Å². The number of methoxy groups -OCH3 is 1. The molecule has 0 saturated carbocycles.